The first kappa shape index (κ1) is 11.9. The van der Waals surface area contributed by atoms with E-state index in [9.17, 15) is 0 Å². The smallest absolute Gasteiger partial charge is 0.104 e. The van der Waals surface area contributed by atoms with Crippen LogP contribution in [0.15, 0.2) is 35.4 Å². The van der Waals surface area contributed by atoms with Gasteiger partial charge in [-0.15, -0.1) is 0 Å². The van der Waals surface area contributed by atoms with E-state index >= 15 is 0 Å². The molecule has 0 saturated heterocycles. The zero-order valence-corrected chi connectivity index (χ0v) is 11.5. The first-order chi connectivity index (χ1) is 8.62. The summed E-state index contributed by atoms with van der Waals surface area (Å²) in [5.74, 6) is 0.469. The molecule has 18 heavy (non-hydrogen) atoms. The van der Waals surface area contributed by atoms with E-state index in [0.717, 1.165) is 6.42 Å². The largest absolute Gasteiger partial charge is 0.374 e. The van der Waals surface area contributed by atoms with Gasteiger partial charge in [0.25, 0.3) is 0 Å². The first-order valence-corrected chi connectivity index (χ1v) is 6.50. The third kappa shape index (κ3) is 1.36. The van der Waals surface area contributed by atoms with Crippen molar-refractivity contribution < 1.29 is 9.47 Å². The molecule has 0 aliphatic heterocycles. The lowest BCUT2D eigenvalue weighted by Crippen LogP contribution is -2.26. The zero-order valence-electron chi connectivity index (χ0n) is 11.5. The van der Waals surface area contributed by atoms with Crippen molar-refractivity contribution in [2.45, 2.75) is 37.9 Å². The Hall–Kier alpha value is -1.12. The van der Waals surface area contributed by atoms with Crippen LogP contribution in [0.5, 0.6) is 0 Å². The molecule has 96 valence electrons. The number of benzene rings is 1. The fourth-order valence-electron chi connectivity index (χ4n) is 3.60. The molecule has 0 radical (unpaired) electrons. The molecule has 0 N–H and O–H groups in total. The van der Waals surface area contributed by atoms with Gasteiger partial charge >= 0.3 is 0 Å². The normalized spacial score (nSPS) is 33.8. The van der Waals surface area contributed by atoms with E-state index in [0.29, 0.717) is 5.92 Å². The predicted molar refractivity (Wildman–Crippen MR) is 71.7 cm³/mol. The van der Waals surface area contributed by atoms with Gasteiger partial charge in [0, 0.05) is 20.1 Å². The molecule has 3 atom stereocenters. The maximum Gasteiger partial charge on any atom is 0.104 e. The summed E-state index contributed by atoms with van der Waals surface area (Å²) in [5.41, 5.74) is 5.38. The molecule has 0 unspecified atom stereocenters. The molecule has 3 rings (SSSR count). The summed E-state index contributed by atoms with van der Waals surface area (Å²) in [7, 11) is 3.60. The van der Waals surface area contributed by atoms with E-state index in [-0.39, 0.29) is 11.7 Å². The van der Waals surface area contributed by atoms with Crippen LogP contribution in [0.3, 0.4) is 0 Å². The second-order valence-electron chi connectivity index (χ2n) is 5.52. The molecule has 0 bridgehead atoms. The Labute approximate surface area is 109 Å². The highest BCUT2D eigenvalue weighted by Gasteiger charge is 2.48. The molecule has 0 fully saturated rings. The Morgan fingerprint density at radius 2 is 1.83 bits per heavy atom. The molecule has 2 heteroatoms. The topological polar surface area (TPSA) is 18.5 Å². The molecule has 2 aliphatic carbocycles. The quantitative estimate of drug-likeness (QED) is 0.740. The molecule has 0 spiro atoms. The second kappa shape index (κ2) is 3.94. The Balaban J connectivity index is 2.17. The van der Waals surface area contributed by atoms with Gasteiger partial charge in [-0.25, -0.2) is 0 Å². The number of rotatable bonds is 2. The summed E-state index contributed by atoms with van der Waals surface area (Å²) in [4.78, 5) is 0. The second-order valence-corrected chi connectivity index (χ2v) is 5.52. The van der Waals surface area contributed by atoms with Gasteiger partial charge in [-0.1, -0.05) is 24.3 Å². The van der Waals surface area contributed by atoms with Gasteiger partial charge in [-0.3, -0.25) is 0 Å². The highest BCUT2D eigenvalue weighted by atomic mass is 16.5. The number of hydrogen-bond donors (Lipinski definition) is 0. The van der Waals surface area contributed by atoms with E-state index in [1.165, 1.54) is 22.3 Å². The highest BCUT2D eigenvalue weighted by molar-refractivity contribution is 5.54. The highest BCUT2D eigenvalue weighted by Crippen LogP contribution is 2.57. The number of hydrogen-bond acceptors (Lipinski definition) is 2. The lowest BCUT2D eigenvalue weighted by atomic mass is 9.92. The third-order valence-electron chi connectivity index (χ3n) is 4.82. The molecule has 0 saturated carbocycles. The van der Waals surface area contributed by atoms with E-state index in [1.807, 2.05) is 0 Å². The Bertz CT molecular complexity index is 518. The Morgan fingerprint density at radius 3 is 2.44 bits per heavy atom. The summed E-state index contributed by atoms with van der Waals surface area (Å²) < 4.78 is 11.5. The summed E-state index contributed by atoms with van der Waals surface area (Å²) in [5, 5.41) is 0. The molecule has 0 amide bonds. The molecule has 0 aromatic heterocycles. The van der Waals surface area contributed by atoms with E-state index < -0.39 is 0 Å². The van der Waals surface area contributed by atoms with Crippen LogP contribution >= 0.6 is 0 Å². The van der Waals surface area contributed by atoms with Gasteiger partial charge in [-0.05, 0) is 42.5 Å². The molecular formula is C16H20O2. The van der Waals surface area contributed by atoms with Crippen LogP contribution in [0, 0.1) is 0 Å². The van der Waals surface area contributed by atoms with E-state index in [1.54, 1.807) is 14.2 Å². The minimum atomic E-state index is -0.135. The van der Waals surface area contributed by atoms with Crippen LogP contribution in [0.25, 0.3) is 0 Å². The van der Waals surface area contributed by atoms with Crippen molar-refractivity contribution in [2.75, 3.05) is 14.2 Å². The maximum atomic E-state index is 5.75. The molecule has 1 aromatic rings. The Morgan fingerprint density at radius 1 is 1.17 bits per heavy atom. The first-order valence-electron chi connectivity index (χ1n) is 6.50. The molecular weight excluding hydrogens is 224 g/mol. The molecule has 2 aliphatic rings. The fourth-order valence-corrected chi connectivity index (χ4v) is 3.60. The standard InChI is InChI=1S/C16H20O2/c1-10-14-13(9-16(10,2)18-4)11-7-5-6-8-12(11)15(14)17-3/h5-8,13,15H,9H2,1-4H3/t13-,15+,16+/m1/s1. The zero-order chi connectivity index (χ0) is 12.9. The average molecular weight is 244 g/mol. The van der Waals surface area contributed by atoms with Crippen molar-refractivity contribution in [1.82, 2.24) is 0 Å². The van der Waals surface area contributed by atoms with Gasteiger partial charge in [0.2, 0.25) is 0 Å². The van der Waals surface area contributed by atoms with Crippen LogP contribution in [-0.2, 0) is 9.47 Å². The van der Waals surface area contributed by atoms with Crippen molar-refractivity contribution in [3.63, 3.8) is 0 Å². The lowest BCUT2D eigenvalue weighted by molar-refractivity contribution is 0.0366. The minimum Gasteiger partial charge on any atom is -0.374 e. The van der Waals surface area contributed by atoms with E-state index in [2.05, 4.69) is 38.1 Å². The summed E-state index contributed by atoms with van der Waals surface area (Å²) in [6.07, 6.45) is 1.14. The van der Waals surface area contributed by atoms with Crippen molar-refractivity contribution in [3.05, 3.63) is 46.5 Å². The predicted octanol–water partition coefficient (Wildman–Crippen LogP) is 3.60. The van der Waals surface area contributed by atoms with Gasteiger partial charge in [0.05, 0.1) is 5.60 Å². The number of methoxy groups -OCH3 is 2. The minimum absolute atomic E-state index is 0.114. The maximum absolute atomic E-state index is 5.75. The van der Waals surface area contributed by atoms with Crippen LogP contribution in [-0.4, -0.2) is 19.8 Å². The third-order valence-corrected chi connectivity index (χ3v) is 4.82. The molecule has 1 aromatic carbocycles. The van der Waals surface area contributed by atoms with Crippen molar-refractivity contribution in [3.8, 4) is 0 Å². The van der Waals surface area contributed by atoms with Gasteiger partial charge < -0.3 is 9.47 Å². The van der Waals surface area contributed by atoms with Crippen molar-refractivity contribution >= 4 is 0 Å². The summed E-state index contributed by atoms with van der Waals surface area (Å²) >= 11 is 0. The van der Waals surface area contributed by atoms with Crippen LogP contribution in [0.1, 0.15) is 43.4 Å². The lowest BCUT2D eigenvalue weighted by Gasteiger charge is -2.26. The number of fused-ring (bicyclic) bond motifs is 3. The van der Waals surface area contributed by atoms with Crippen LogP contribution in [0.4, 0.5) is 0 Å². The fraction of sp³-hybridized carbons (Fsp3) is 0.500. The van der Waals surface area contributed by atoms with E-state index in [4.69, 9.17) is 9.47 Å². The van der Waals surface area contributed by atoms with Crippen LogP contribution in [0.2, 0.25) is 0 Å². The number of ether oxygens (including phenoxy) is 2. The van der Waals surface area contributed by atoms with Crippen LogP contribution < -0.4 is 0 Å². The SMILES string of the molecule is CO[C@@H]1C2=C(C)[C@@](C)(OC)C[C@@H]2c2ccccc21. The van der Waals surface area contributed by atoms with Crippen molar-refractivity contribution in [1.29, 1.82) is 0 Å². The van der Waals surface area contributed by atoms with Gasteiger partial charge in [-0.2, -0.15) is 0 Å². The van der Waals surface area contributed by atoms with Crippen molar-refractivity contribution in [2.24, 2.45) is 0 Å². The van der Waals surface area contributed by atoms with Gasteiger partial charge in [0.15, 0.2) is 0 Å². The molecule has 0 heterocycles. The van der Waals surface area contributed by atoms with Gasteiger partial charge in [0.1, 0.15) is 6.10 Å². The summed E-state index contributed by atoms with van der Waals surface area (Å²) in [6, 6.07) is 8.63. The Kier molecular flexibility index (Phi) is 2.61. The monoisotopic (exact) mass is 244 g/mol. The summed E-state index contributed by atoms with van der Waals surface area (Å²) in [6.45, 7) is 4.37. The molecule has 2 nitrogen and oxygen atoms in total. The average Bonchev–Trinajstić information content (AvgIpc) is 2.84.